The highest BCUT2D eigenvalue weighted by atomic mass is 35.5. The fraction of sp³-hybridized carbons (Fsp3) is 0.306. The summed E-state index contributed by atoms with van der Waals surface area (Å²) in [6, 6.07) is 36.0. The Bertz CT molecular complexity index is 2690. The van der Waals surface area contributed by atoms with Crippen molar-refractivity contribution < 1.29 is 32.0 Å². The molecular formula is C49H53Cl2N5O7S. The van der Waals surface area contributed by atoms with Crippen molar-refractivity contribution in [3.63, 3.8) is 0 Å². The first-order valence-corrected chi connectivity index (χ1v) is 23.4. The zero-order valence-corrected chi connectivity index (χ0v) is 38.6. The van der Waals surface area contributed by atoms with Gasteiger partial charge in [-0.15, -0.1) is 0 Å². The van der Waals surface area contributed by atoms with E-state index < -0.39 is 10.1 Å². The lowest BCUT2D eigenvalue weighted by atomic mass is 10.1. The number of nitrogens with zero attached hydrogens (tertiary/aromatic N) is 5. The van der Waals surface area contributed by atoms with Gasteiger partial charge < -0.3 is 24.2 Å². The van der Waals surface area contributed by atoms with E-state index in [0.717, 1.165) is 85.2 Å². The quantitative estimate of drug-likeness (QED) is 0.121. The van der Waals surface area contributed by atoms with E-state index in [9.17, 15) is 22.6 Å². The van der Waals surface area contributed by atoms with E-state index in [1.807, 2.05) is 104 Å². The maximum atomic E-state index is 12.9. The standard InChI is InChI=1S/C25H28ClN3O5S.C24H25ClN2O2/c1-27(2)21-8-5-19-13-22(35(31,32)33)15-24(23(19)14-21)34-17-25(30)29-11-9-28(10-12-29)16-18-3-6-20(26)7-4-18;1-18-6-9-20-4-2-3-5-22(20)24(18)29-17-23(28)27-14-12-26(13-15-27)16-19-7-10-21(25)11-8-19/h3-8,13-15H,9-12,16-17H2,1-2H3,(H,31,32,33);2-11H,12-17H2,1H3. The molecule has 0 unspecified atom stereocenters. The maximum Gasteiger partial charge on any atom is 0.294 e. The Balaban J connectivity index is 0.000000195. The van der Waals surface area contributed by atoms with Gasteiger partial charge in [0.25, 0.3) is 21.9 Å². The van der Waals surface area contributed by atoms with Crippen LogP contribution in [0.1, 0.15) is 16.7 Å². The molecule has 2 aliphatic heterocycles. The molecular weight excluding hydrogens is 874 g/mol. The summed E-state index contributed by atoms with van der Waals surface area (Å²) in [5, 5.41) is 4.88. The van der Waals surface area contributed by atoms with Gasteiger partial charge in [-0.25, -0.2) is 0 Å². The van der Waals surface area contributed by atoms with Crippen molar-refractivity contribution in [2.45, 2.75) is 24.9 Å². The van der Waals surface area contributed by atoms with Gasteiger partial charge in [0.15, 0.2) is 13.2 Å². The van der Waals surface area contributed by atoms with Gasteiger partial charge in [0.05, 0.1) is 4.90 Å². The molecule has 0 bridgehead atoms. The van der Waals surface area contributed by atoms with Gasteiger partial charge in [-0.05, 0) is 76.9 Å². The second kappa shape index (κ2) is 21.1. The van der Waals surface area contributed by atoms with E-state index in [0.29, 0.717) is 28.9 Å². The van der Waals surface area contributed by atoms with Gasteiger partial charge in [0.1, 0.15) is 11.5 Å². The van der Waals surface area contributed by atoms with E-state index in [1.54, 1.807) is 11.0 Å². The average molecular weight is 927 g/mol. The Morgan fingerprint density at radius 1 is 0.625 bits per heavy atom. The predicted molar refractivity (Wildman–Crippen MR) is 254 cm³/mol. The third-order valence-electron chi connectivity index (χ3n) is 11.5. The number of rotatable bonds is 12. The maximum absolute atomic E-state index is 12.9. The summed E-state index contributed by atoms with van der Waals surface area (Å²) in [5.41, 5.74) is 4.35. The number of piperazine rings is 2. The van der Waals surface area contributed by atoms with E-state index in [2.05, 4.69) is 34.1 Å². The van der Waals surface area contributed by atoms with Crippen LogP contribution in [0.4, 0.5) is 5.69 Å². The lowest BCUT2D eigenvalue weighted by Gasteiger charge is -2.34. The lowest BCUT2D eigenvalue weighted by molar-refractivity contribution is -0.135. The van der Waals surface area contributed by atoms with Crippen molar-refractivity contribution in [1.29, 1.82) is 0 Å². The summed E-state index contributed by atoms with van der Waals surface area (Å²) in [5.74, 6) is 0.903. The Morgan fingerprint density at radius 2 is 1.14 bits per heavy atom. The number of fused-ring (bicyclic) bond motifs is 2. The zero-order valence-electron chi connectivity index (χ0n) is 36.3. The molecule has 0 atom stereocenters. The summed E-state index contributed by atoms with van der Waals surface area (Å²) in [4.78, 5) is 35.5. The molecule has 8 rings (SSSR count). The minimum Gasteiger partial charge on any atom is -0.483 e. The van der Waals surface area contributed by atoms with Crippen LogP contribution in [-0.2, 0) is 32.8 Å². The number of hydrogen-bond donors (Lipinski definition) is 1. The summed E-state index contributed by atoms with van der Waals surface area (Å²) < 4.78 is 44.9. The van der Waals surface area contributed by atoms with E-state index in [-0.39, 0.29) is 35.7 Å². The van der Waals surface area contributed by atoms with Crippen LogP contribution in [0.3, 0.4) is 0 Å². The van der Waals surface area contributed by atoms with Gasteiger partial charge in [0.2, 0.25) is 0 Å². The summed E-state index contributed by atoms with van der Waals surface area (Å²) >= 11 is 11.9. The highest BCUT2D eigenvalue weighted by Crippen LogP contribution is 2.33. The molecule has 1 N–H and O–H groups in total. The SMILES string of the molecule is CN(C)c1ccc2cc(S(=O)(=O)O)cc(OCC(=O)N3CCN(Cc4ccc(Cl)cc4)CC3)c2c1.Cc1ccc2ccccc2c1OCC(=O)N1CCN(Cc2ccc(Cl)cc2)CC1. The van der Waals surface area contributed by atoms with Crippen molar-refractivity contribution in [3.05, 3.63) is 142 Å². The molecule has 0 spiro atoms. The van der Waals surface area contributed by atoms with Crippen LogP contribution in [-0.4, -0.2) is 124 Å². The molecule has 2 amide bonds. The fourth-order valence-electron chi connectivity index (χ4n) is 7.84. The number of carbonyl (C=O) groups excluding carboxylic acids is 2. The number of anilines is 1. The van der Waals surface area contributed by atoms with Crippen LogP contribution in [0.5, 0.6) is 11.5 Å². The Kier molecular flexibility index (Phi) is 15.3. The van der Waals surface area contributed by atoms with Crippen LogP contribution in [0.2, 0.25) is 10.0 Å². The number of amides is 2. The third-order valence-corrected chi connectivity index (χ3v) is 12.9. The minimum absolute atomic E-state index is 0.0449. The summed E-state index contributed by atoms with van der Waals surface area (Å²) in [6.07, 6.45) is 0. The normalized spacial score (nSPS) is 14.8. The molecule has 0 radical (unpaired) electrons. The Labute approximate surface area is 385 Å². The van der Waals surface area contributed by atoms with Gasteiger partial charge in [-0.1, -0.05) is 89.9 Å². The van der Waals surface area contributed by atoms with Crippen LogP contribution in [0.25, 0.3) is 21.5 Å². The predicted octanol–water partition coefficient (Wildman–Crippen LogP) is 8.05. The van der Waals surface area contributed by atoms with Crippen molar-refractivity contribution in [2.75, 3.05) is 84.6 Å². The molecule has 6 aromatic carbocycles. The smallest absolute Gasteiger partial charge is 0.294 e. The van der Waals surface area contributed by atoms with Gasteiger partial charge in [-0.2, -0.15) is 8.42 Å². The summed E-state index contributed by atoms with van der Waals surface area (Å²) in [7, 11) is -0.649. The second-order valence-corrected chi connectivity index (χ2v) is 18.6. The largest absolute Gasteiger partial charge is 0.483 e. The number of hydrogen-bond acceptors (Lipinski definition) is 9. The van der Waals surface area contributed by atoms with E-state index in [1.165, 1.54) is 23.3 Å². The average Bonchev–Trinajstić information content (AvgIpc) is 3.29. The third kappa shape index (κ3) is 12.2. The number of halogens is 2. The Morgan fingerprint density at radius 3 is 1.67 bits per heavy atom. The zero-order chi connectivity index (χ0) is 45.4. The van der Waals surface area contributed by atoms with Crippen LogP contribution in [0.15, 0.2) is 120 Å². The number of ether oxygens (including phenoxy) is 2. The van der Waals surface area contributed by atoms with E-state index >= 15 is 0 Å². The molecule has 0 saturated carbocycles. The molecule has 2 fully saturated rings. The monoisotopic (exact) mass is 925 g/mol. The number of aryl methyl sites for hydroxylation is 1. The molecule has 2 heterocycles. The van der Waals surface area contributed by atoms with Crippen LogP contribution in [0, 0.1) is 6.92 Å². The highest BCUT2D eigenvalue weighted by molar-refractivity contribution is 7.85. The van der Waals surface area contributed by atoms with E-state index in [4.69, 9.17) is 32.7 Å². The first kappa shape index (κ1) is 46.6. The first-order chi connectivity index (χ1) is 30.7. The molecule has 6 aromatic rings. The molecule has 12 nitrogen and oxygen atoms in total. The van der Waals surface area contributed by atoms with Crippen molar-refractivity contribution >= 4 is 72.4 Å². The van der Waals surface area contributed by atoms with Crippen LogP contribution < -0.4 is 14.4 Å². The van der Waals surface area contributed by atoms with Crippen LogP contribution >= 0.6 is 23.2 Å². The molecule has 0 aliphatic carbocycles. The molecule has 336 valence electrons. The van der Waals surface area contributed by atoms with Gasteiger partial charge in [0, 0.05) is 112 Å². The molecule has 2 saturated heterocycles. The summed E-state index contributed by atoms with van der Waals surface area (Å²) in [6.45, 7) is 9.34. The lowest BCUT2D eigenvalue weighted by Crippen LogP contribution is -2.49. The van der Waals surface area contributed by atoms with Crippen molar-refractivity contribution in [1.82, 2.24) is 19.6 Å². The fourth-order valence-corrected chi connectivity index (χ4v) is 8.62. The van der Waals surface area contributed by atoms with Crippen molar-refractivity contribution in [3.8, 4) is 11.5 Å². The van der Waals surface area contributed by atoms with Gasteiger partial charge in [-0.3, -0.25) is 23.9 Å². The molecule has 64 heavy (non-hydrogen) atoms. The number of carbonyl (C=O) groups is 2. The van der Waals surface area contributed by atoms with Gasteiger partial charge >= 0.3 is 0 Å². The molecule has 15 heteroatoms. The Hall–Kier alpha value is -5.41. The minimum atomic E-state index is -4.44. The second-order valence-electron chi connectivity index (χ2n) is 16.3. The topological polar surface area (TPSA) is 123 Å². The van der Waals surface area contributed by atoms with Crippen molar-refractivity contribution in [2.24, 2.45) is 0 Å². The highest BCUT2D eigenvalue weighted by Gasteiger charge is 2.24. The number of benzene rings is 6. The molecule has 2 aliphatic rings. The first-order valence-electron chi connectivity index (χ1n) is 21.2. The molecule has 0 aromatic heterocycles.